The van der Waals surface area contributed by atoms with Crippen molar-refractivity contribution in [1.82, 2.24) is 5.32 Å². The van der Waals surface area contributed by atoms with Crippen molar-refractivity contribution in [2.24, 2.45) is 11.1 Å². The molecule has 1 amide bonds. The maximum atomic E-state index is 11.5. The molecule has 0 spiro atoms. The molecular weight excluding hydrogens is 192 g/mol. The van der Waals surface area contributed by atoms with Gasteiger partial charge in [0, 0.05) is 6.54 Å². The lowest BCUT2D eigenvalue weighted by molar-refractivity contribution is -0.124. The van der Waals surface area contributed by atoms with Crippen LogP contribution in [0.4, 0.5) is 0 Å². The van der Waals surface area contributed by atoms with Gasteiger partial charge in [0.2, 0.25) is 5.91 Å². The van der Waals surface area contributed by atoms with E-state index in [1.54, 1.807) is 0 Å². The zero-order valence-corrected chi connectivity index (χ0v) is 10.2. The van der Waals surface area contributed by atoms with E-state index in [2.05, 4.69) is 5.32 Å². The molecule has 4 nitrogen and oxygen atoms in total. The minimum absolute atomic E-state index is 0.147. The monoisotopic (exact) mass is 216 g/mol. The molecule has 0 aliphatic heterocycles. The quantitative estimate of drug-likeness (QED) is 0.631. The lowest BCUT2D eigenvalue weighted by Gasteiger charge is -2.25. The van der Waals surface area contributed by atoms with E-state index in [0.29, 0.717) is 19.4 Å². The first kappa shape index (κ1) is 14.4. The van der Waals surface area contributed by atoms with Gasteiger partial charge in [0.05, 0.1) is 12.1 Å². The van der Waals surface area contributed by atoms with Crippen molar-refractivity contribution in [3.05, 3.63) is 0 Å². The number of carbonyl (C=O) groups excluding carboxylic acids is 1. The average Bonchev–Trinajstić information content (AvgIpc) is 2.14. The summed E-state index contributed by atoms with van der Waals surface area (Å²) in [6, 6.07) is -0.503. The molecule has 0 aromatic carbocycles. The zero-order valence-electron chi connectivity index (χ0n) is 10.2. The predicted octanol–water partition coefficient (Wildman–Crippen LogP) is 0.637. The Kier molecular flexibility index (Phi) is 5.83. The van der Waals surface area contributed by atoms with Crippen molar-refractivity contribution < 1.29 is 9.90 Å². The fourth-order valence-electron chi connectivity index (χ4n) is 1.07. The Bertz CT molecular complexity index is 199. The minimum atomic E-state index is -0.503. The number of rotatable bonds is 5. The number of amides is 1. The van der Waals surface area contributed by atoms with Crippen LogP contribution in [0.3, 0.4) is 0 Å². The highest BCUT2D eigenvalue weighted by molar-refractivity contribution is 5.82. The molecular formula is C11H24N2O2. The number of hydrogen-bond acceptors (Lipinski definition) is 3. The van der Waals surface area contributed by atoms with E-state index in [9.17, 15) is 9.90 Å². The molecule has 0 aromatic heterocycles. The topological polar surface area (TPSA) is 75.3 Å². The van der Waals surface area contributed by atoms with Crippen molar-refractivity contribution >= 4 is 5.91 Å². The van der Waals surface area contributed by atoms with Crippen LogP contribution in [0.2, 0.25) is 0 Å². The van der Waals surface area contributed by atoms with E-state index in [4.69, 9.17) is 5.73 Å². The molecule has 0 rings (SSSR count). The summed E-state index contributed by atoms with van der Waals surface area (Å²) >= 11 is 0. The van der Waals surface area contributed by atoms with Crippen LogP contribution < -0.4 is 11.1 Å². The Hall–Kier alpha value is -0.610. The van der Waals surface area contributed by atoms with Crippen LogP contribution in [0.1, 0.15) is 40.5 Å². The molecule has 0 saturated carbocycles. The van der Waals surface area contributed by atoms with Gasteiger partial charge in [-0.05, 0) is 18.3 Å². The van der Waals surface area contributed by atoms with Gasteiger partial charge in [0.15, 0.2) is 0 Å². The molecule has 0 radical (unpaired) electrons. The van der Waals surface area contributed by atoms with Crippen LogP contribution in [0.5, 0.6) is 0 Å². The van der Waals surface area contributed by atoms with Crippen LogP contribution in [0.15, 0.2) is 0 Å². The maximum Gasteiger partial charge on any atom is 0.237 e. The second kappa shape index (κ2) is 6.08. The summed E-state index contributed by atoms with van der Waals surface area (Å²) in [6.07, 6.45) is 0.955. The standard InChI is InChI=1S/C11H24N2O2/c1-5-8(14)6-7-13-10(15)9(12)11(2,3)4/h8-9,14H,5-7,12H2,1-4H3,(H,13,15). The van der Waals surface area contributed by atoms with Crippen LogP contribution in [-0.2, 0) is 4.79 Å². The summed E-state index contributed by atoms with van der Waals surface area (Å²) in [4.78, 5) is 11.5. The van der Waals surface area contributed by atoms with Gasteiger partial charge >= 0.3 is 0 Å². The third-order valence-electron chi connectivity index (χ3n) is 2.46. The molecule has 2 unspecified atom stereocenters. The summed E-state index contributed by atoms with van der Waals surface area (Å²) in [6.45, 7) is 8.18. The van der Waals surface area contributed by atoms with Gasteiger partial charge in [-0.15, -0.1) is 0 Å². The Balaban J connectivity index is 3.85. The van der Waals surface area contributed by atoms with E-state index in [1.165, 1.54) is 0 Å². The Morgan fingerprint density at radius 3 is 2.40 bits per heavy atom. The molecule has 0 saturated heterocycles. The van der Waals surface area contributed by atoms with Gasteiger partial charge in [-0.1, -0.05) is 27.7 Å². The number of nitrogens with two attached hydrogens (primary N) is 1. The van der Waals surface area contributed by atoms with Crippen LogP contribution in [0, 0.1) is 5.41 Å². The Morgan fingerprint density at radius 1 is 1.47 bits per heavy atom. The lowest BCUT2D eigenvalue weighted by Crippen LogP contribution is -2.49. The number of nitrogens with one attached hydrogen (secondary N) is 1. The molecule has 4 heteroatoms. The predicted molar refractivity (Wildman–Crippen MR) is 61.4 cm³/mol. The molecule has 0 aliphatic rings. The number of aliphatic hydroxyl groups excluding tert-OH is 1. The number of hydrogen-bond donors (Lipinski definition) is 3. The van der Waals surface area contributed by atoms with Crippen molar-refractivity contribution in [2.75, 3.05) is 6.54 Å². The molecule has 90 valence electrons. The third-order valence-corrected chi connectivity index (χ3v) is 2.46. The molecule has 0 aliphatic carbocycles. The largest absolute Gasteiger partial charge is 0.393 e. The van der Waals surface area contributed by atoms with E-state index >= 15 is 0 Å². The van der Waals surface area contributed by atoms with Crippen molar-refractivity contribution in [2.45, 2.75) is 52.7 Å². The first-order valence-electron chi connectivity index (χ1n) is 5.50. The summed E-state index contributed by atoms with van der Waals surface area (Å²) in [5, 5.41) is 12.0. The maximum absolute atomic E-state index is 11.5. The molecule has 0 heterocycles. The Morgan fingerprint density at radius 2 is 2.00 bits per heavy atom. The van der Waals surface area contributed by atoms with Crippen LogP contribution >= 0.6 is 0 Å². The molecule has 0 fully saturated rings. The minimum Gasteiger partial charge on any atom is -0.393 e. The first-order valence-corrected chi connectivity index (χ1v) is 5.50. The Labute approximate surface area is 92.2 Å². The van der Waals surface area contributed by atoms with Crippen molar-refractivity contribution in [3.63, 3.8) is 0 Å². The van der Waals surface area contributed by atoms with Crippen molar-refractivity contribution in [3.8, 4) is 0 Å². The summed E-state index contributed by atoms with van der Waals surface area (Å²) in [5.74, 6) is -0.147. The first-order chi connectivity index (χ1) is 6.79. The summed E-state index contributed by atoms with van der Waals surface area (Å²) in [5.41, 5.74) is 5.54. The van der Waals surface area contributed by atoms with Gasteiger partial charge in [0.1, 0.15) is 0 Å². The summed E-state index contributed by atoms with van der Waals surface area (Å²) < 4.78 is 0. The highest BCUT2D eigenvalue weighted by atomic mass is 16.3. The normalized spacial score (nSPS) is 15.9. The highest BCUT2D eigenvalue weighted by Crippen LogP contribution is 2.17. The van der Waals surface area contributed by atoms with Crippen LogP contribution in [0.25, 0.3) is 0 Å². The summed E-state index contributed by atoms with van der Waals surface area (Å²) in [7, 11) is 0. The van der Waals surface area contributed by atoms with E-state index in [-0.39, 0.29) is 17.4 Å². The lowest BCUT2D eigenvalue weighted by atomic mass is 9.87. The molecule has 4 N–H and O–H groups in total. The smallest absolute Gasteiger partial charge is 0.237 e. The van der Waals surface area contributed by atoms with E-state index in [0.717, 1.165) is 0 Å². The van der Waals surface area contributed by atoms with Gasteiger partial charge in [0.25, 0.3) is 0 Å². The fourth-order valence-corrected chi connectivity index (χ4v) is 1.07. The van der Waals surface area contributed by atoms with E-state index < -0.39 is 6.04 Å². The molecule has 0 bridgehead atoms. The highest BCUT2D eigenvalue weighted by Gasteiger charge is 2.26. The van der Waals surface area contributed by atoms with Gasteiger partial charge in [-0.3, -0.25) is 4.79 Å². The molecule has 15 heavy (non-hydrogen) atoms. The van der Waals surface area contributed by atoms with Gasteiger partial charge in [-0.2, -0.15) is 0 Å². The third kappa shape index (κ3) is 5.74. The van der Waals surface area contributed by atoms with Gasteiger partial charge < -0.3 is 16.2 Å². The van der Waals surface area contributed by atoms with Gasteiger partial charge in [-0.25, -0.2) is 0 Å². The van der Waals surface area contributed by atoms with Crippen molar-refractivity contribution in [1.29, 1.82) is 0 Å². The van der Waals surface area contributed by atoms with E-state index in [1.807, 2.05) is 27.7 Å². The second-order valence-electron chi connectivity index (χ2n) is 4.99. The molecule has 2 atom stereocenters. The zero-order chi connectivity index (χ0) is 12.1. The number of aliphatic hydroxyl groups is 1. The second-order valence-corrected chi connectivity index (χ2v) is 4.99. The fraction of sp³-hybridized carbons (Fsp3) is 0.909. The SMILES string of the molecule is CCC(O)CCNC(=O)C(N)C(C)(C)C. The molecule has 0 aromatic rings. The average molecular weight is 216 g/mol. The van der Waals surface area contributed by atoms with Crippen LogP contribution in [-0.4, -0.2) is 29.7 Å². The number of carbonyl (C=O) groups is 1.